The van der Waals surface area contributed by atoms with E-state index in [1.54, 1.807) is 35.6 Å². The first-order valence-corrected chi connectivity index (χ1v) is 11.0. The van der Waals surface area contributed by atoms with Crippen LogP contribution in [0.25, 0.3) is 0 Å². The zero-order chi connectivity index (χ0) is 21.5. The molecule has 0 saturated carbocycles. The van der Waals surface area contributed by atoms with Crippen molar-refractivity contribution in [2.75, 3.05) is 10.6 Å². The van der Waals surface area contributed by atoms with Crippen LogP contribution in [0.5, 0.6) is 0 Å². The van der Waals surface area contributed by atoms with Gasteiger partial charge in [0.25, 0.3) is 5.91 Å². The Hall–Kier alpha value is -2.96. The van der Waals surface area contributed by atoms with Crippen LogP contribution in [0.3, 0.4) is 0 Å². The number of carbonyl (C=O) groups is 2. The van der Waals surface area contributed by atoms with E-state index in [-0.39, 0.29) is 23.9 Å². The minimum absolute atomic E-state index is 0.0611. The molecule has 0 saturated heterocycles. The number of benzene rings is 2. The summed E-state index contributed by atoms with van der Waals surface area (Å²) in [5.41, 5.74) is 3.90. The number of quaternary nitrogens is 1. The number of nitrogens with two attached hydrogens (primary N) is 1. The average Bonchev–Trinajstić information content (AvgIpc) is 3.27. The molecular formula is C24H28N3O2S+. The van der Waals surface area contributed by atoms with Gasteiger partial charge in [0, 0.05) is 23.9 Å². The molecule has 4 N–H and O–H groups in total. The molecule has 0 aliphatic carbocycles. The summed E-state index contributed by atoms with van der Waals surface area (Å²) in [4.78, 5) is 25.2. The maximum atomic E-state index is 12.8. The zero-order valence-electron chi connectivity index (χ0n) is 17.5. The van der Waals surface area contributed by atoms with Gasteiger partial charge < -0.3 is 16.0 Å². The van der Waals surface area contributed by atoms with E-state index >= 15 is 0 Å². The van der Waals surface area contributed by atoms with Gasteiger partial charge in [0.05, 0.1) is 4.88 Å². The van der Waals surface area contributed by atoms with Crippen LogP contribution in [0.1, 0.15) is 42.8 Å². The van der Waals surface area contributed by atoms with Crippen molar-refractivity contribution in [3.63, 3.8) is 0 Å². The molecule has 0 bridgehead atoms. The fraction of sp³-hybridized carbons (Fsp3) is 0.250. The highest BCUT2D eigenvalue weighted by molar-refractivity contribution is 7.10. The first-order valence-electron chi connectivity index (χ1n) is 10.1. The Morgan fingerprint density at radius 3 is 2.13 bits per heavy atom. The van der Waals surface area contributed by atoms with Crippen LogP contribution >= 0.6 is 11.3 Å². The van der Waals surface area contributed by atoms with Crippen molar-refractivity contribution in [3.05, 3.63) is 82.0 Å². The van der Waals surface area contributed by atoms with E-state index in [9.17, 15) is 9.59 Å². The van der Waals surface area contributed by atoms with Gasteiger partial charge in [0.1, 0.15) is 6.04 Å². The second kappa shape index (κ2) is 10.2. The van der Waals surface area contributed by atoms with Gasteiger partial charge in [-0.3, -0.25) is 9.59 Å². The smallest absolute Gasteiger partial charge is 0.282 e. The Morgan fingerprint density at radius 2 is 1.60 bits per heavy atom. The molecule has 2 aromatic carbocycles. The highest BCUT2D eigenvalue weighted by Gasteiger charge is 2.25. The molecule has 2 amide bonds. The number of hydrogen-bond donors (Lipinski definition) is 3. The summed E-state index contributed by atoms with van der Waals surface area (Å²) in [6.45, 7) is 5.53. The maximum absolute atomic E-state index is 12.8. The van der Waals surface area contributed by atoms with Crippen LogP contribution in [0.2, 0.25) is 0 Å². The molecule has 0 spiro atoms. The summed E-state index contributed by atoms with van der Waals surface area (Å²) in [6, 6.07) is 19.7. The lowest BCUT2D eigenvalue weighted by atomic mass is 10.0. The molecule has 0 aliphatic heterocycles. The van der Waals surface area contributed by atoms with Crippen LogP contribution in [0.15, 0.2) is 66.0 Å². The third-order valence-corrected chi connectivity index (χ3v) is 5.92. The minimum atomic E-state index is -0.280. The van der Waals surface area contributed by atoms with Crippen molar-refractivity contribution < 1.29 is 14.9 Å². The summed E-state index contributed by atoms with van der Waals surface area (Å²) in [6.07, 6.45) is 1.01. The Bertz CT molecular complexity index is 967. The number of anilines is 2. The van der Waals surface area contributed by atoms with E-state index in [0.717, 1.165) is 6.42 Å². The predicted molar refractivity (Wildman–Crippen MR) is 123 cm³/mol. The lowest BCUT2D eigenvalue weighted by molar-refractivity contribution is -0.703. The summed E-state index contributed by atoms with van der Waals surface area (Å²) in [5, 5.41) is 9.85. The topological polar surface area (TPSA) is 74.8 Å². The predicted octanol–water partition coefficient (Wildman–Crippen LogP) is 3.95. The third kappa shape index (κ3) is 5.78. The number of thiophene rings is 1. The van der Waals surface area contributed by atoms with Gasteiger partial charge in [-0.1, -0.05) is 37.3 Å². The molecule has 2 atom stereocenters. The highest BCUT2D eigenvalue weighted by Crippen LogP contribution is 2.23. The molecule has 30 heavy (non-hydrogen) atoms. The molecule has 1 heterocycles. The number of aryl methyl sites for hydroxylation is 1. The minimum Gasteiger partial charge on any atom is -0.326 e. The van der Waals surface area contributed by atoms with Gasteiger partial charge in [-0.15, -0.1) is 11.3 Å². The molecule has 3 aromatic rings. The molecule has 1 aromatic heterocycles. The zero-order valence-corrected chi connectivity index (χ0v) is 18.3. The molecule has 0 radical (unpaired) electrons. The van der Waals surface area contributed by atoms with Crippen molar-refractivity contribution in [2.45, 2.75) is 39.3 Å². The van der Waals surface area contributed by atoms with E-state index in [2.05, 4.69) is 58.6 Å². The fourth-order valence-electron chi connectivity index (χ4n) is 3.27. The van der Waals surface area contributed by atoms with Crippen molar-refractivity contribution >= 4 is 34.5 Å². The number of hydrogen-bond acceptors (Lipinski definition) is 3. The molecule has 6 heteroatoms. The first-order chi connectivity index (χ1) is 14.5. The molecular weight excluding hydrogens is 394 g/mol. The van der Waals surface area contributed by atoms with E-state index < -0.39 is 0 Å². The van der Waals surface area contributed by atoms with E-state index in [1.807, 2.05) is 13.0 Å². The van der Waals surface area contributed by atoms with Crippen molar-refractivity contribution in [1.29, 1.82) is 0 Å². The number of rotatable bonds is 8. The van der Waals surface area contributed by atoms with Gasteiger partial charge in [0.15, 0.2) is 6.04 Å². The quantitative estimate of drug-likeness (QED) is 0.514. The molecule has 5 nitrogen and oxygen atoms in total. The Kier molecular flexibility index (Phi) is 7.38. The van der Waals surface area contributed by atoms with Gasteiger partial charge in [-0.2, -0.15) is 0 Å². The Labute approximate surface area is 181 Å². The summed E-state index contributed by atoms with van der Waals surface area (Å²) >= 11 is 1.70. The normalized spacial score (nSPS) is 12.8. The van der Waals surface area contributed by atoms with Crippen LogP contribution < -0.4 is 16.0 Å². The van der Waals surface area contributed by atoms with Gasteiger partial charge in [-0.05, 0) is 54.6 Å². The lowest BCUT2D eigenvalue weighted by Crippen LogP contribution is -2.92. The van der Waals surface area contributed by atoms with Crippen molar-refractivity contribution in [1.82, 2.24) is 0 Å². The van der Waals surface area contributed by atoms with Crippen molar-refractivity contribution in [3.8, 4) is 0 Å². The maximum Gasteiger partial charge on any atom is 0.282 e. The van der Waals surface area contributed by atoms with Crippen LogP contribution in [-0.4, -0.2) is 17.9 Å². The number of nitrogens with one attached hydrogen (secondary N) is 2. The highest BCUT2D eigenvalue weighted by atomic mass is 32.1. The second-order valence-corrected chi connectivity index (χ2v) is 8.30. The van der Waals surface area contributed by atoms with Gasteiger partial charge in [-0.25, -0.2) is 0 Å². The fourth-order valence-corrected chi connectivity index (χ4v) is 4.10. The Balaban J connectivity index is 1.69. The van der Waals surface area contributed by atoms with Gasteiger partial charge in [0.2, 0.25) is 5.91 Å². The Morgan fingerprint density at radius 1 is 0.967 bits per heavy atom. The molecule has 0 aliphatic rings. The summed E-state index contributed by atoms with van der Waals surface area (Å²) < 4.78 is 0. The monoisotopic (exact) mass is 422 g/mol. The molecule has 0 fully saturated rings. The largest absolute Gasteiger partial charge is 0.326 e. The second-order valence-electron chi connectivity index (χ2n) is 7.32. The van der Waals surface area contributed by atoms with E-state index in [1.165, 1.54) is 22.9 Å². The molecule has 0 unspecified atom stereocenters. The average molecular weight is 423 g/mol. The number of carbonyl (C=O) groups excluding carboxylic acids is 2. The van der Waals surface area contributed by atoms with E-state index in [0.29, 0.717) is 11.4 Å². The van der Waals surface area contributed by atoms with E-state index in [4.69, 9.17) is 0 Å². The van der Waals surface area contributed by atoms with Crippen LogP contribution in [-0.2, 0) is 16.0 Å². The van der Waals surface area contributed by atoms with Crippen LogP contribution in [0, 0.1) is 0 Å². The van der Waals surface area contributed by atoms with Crippen LogP contribution in [0.4, 0.5) is 11.4 Å². The summed E-state index contributed by atoms with van der Waals surface area (Å²) in [5.74, 6) is -0.185. The molecule has 156 valence electrons. The first kappa shape index (κ1) is 21.7. The van der Waals surface area contributed by atoms with Crippen molar-refractivity contribution in [2.24, 2.45) is 0 Å². The molecule has 3 rings (SSSR count). The third-order valence-electron chi connectivity index (χ3n) is 4.96. The summed E-state index contributed by atoms with van der Waals surface area (Å²) in [7, 11) is 0. The standard InChI is InChI=1S/C24H27N3O2S/c1-4-18-7-9-19(10-8-18)23(22-6-5-15-30-22)25-16(2)24(29)27-21-13-11-20(12-14-21)26-17(3)28/h5-16,23,25H,4H2,1-3H3,(H,26,28)(H,27,29)/p+1/t16-,23-/m0/s1. The SMILES string of the molecule is CCc1ccc([C@H]([NH2+][C@@H](C)C(=O)Nc2ccc(NC(C)=O)cc2)c2cccs2)cc1. The van der Waals surface area contributed by atoms with Gasteiger partial charge >= 0.3 is 0 Å². The number of amides is 2. The lowest BCUT2D eigenvalue weighted by Gasteiger charge is -2.20.